The molecule has 1 N–H and O–H groups in total. The average Bonchev–Trinajstić information content (AvgIpc) is 2.24. The van der Waals surface area contributed by atoms with Crippen LogP contribution in [0.2, 0.25) is 0 Å². The first-order chi connectivity index (χ1) is 7.81. The van der Waals surface area contributed by atoms with Crippen molar-refractivity contribution in [3.63, 3.8) is 0 Å². The van der Waals surface area contributed by atoms with Crippen LogP contribution in [0.4, 0.5) is 0 Å². The van der Waals surface area contributed by atoms with Crippen molar-refractivity contribution in [1.29, 1.82) is 0 Å². The predicted molar refractivity (Wildman–Crippen MR) is 64.1 cm³/mol. The van der Waals surface area contributed by atoms with Crippen LogP contribution >= 0.6 is 0 Å². The highest BCUT2D eigenvalue weighted by molar-refractivity contribution is 5.33. The maximum atomic E-state index is 5.85. The van der Waals surface area contributed by atoms with E-state index in [0.29, 0.717) is 18.8 Å². The first-order valence-electron chi connectivity index (χ1n) is 5.88. The second-order valence-corrected chi connectivity index (χ2v) is 4.10. The minimum Gasteiger partial charge on any atom is -0.494 e. The summed E-state index contributed by atoms with van der Waals surface area (Å²) in [4.78, 5) is 0. The number of hydrogen-bond acceptors (Lipinski definition) is 3. The molecule has 3 heteroatoms. The molecule has 0 radical (unpaired) electrons. The van der Waals surface area contributed by atoms with Gasteiger partial charge in [-0.1, -0.05) is 6.07 Å². The molecule has 1 aromatic rings. The SMILES string of the molecule is CCOc1cccc(OC2CC(NC)C2)c1. The van der Waals surface area contributed by atoms with Gasteiger partial charge < -0.3 is 14.8 Å². The summed E-state index contributed by atoms with van der Waals surface area (Å²) < 4.78 is 11.3. The molecule has 0 aliphatic heterocycles. The van der Waals surface area contributed by atoms with Crippen LogP contribution in [0.1, 0.15) is 19.8 Å². The monoisotopic (exact) mass is 221 g/mol. The summed E-state index contributed by atoms with van der Waals surface area (Å²) in [5, 5.41) is 3.24. The number of nitrogens with one attached hydrogen (secondary N) is 1. The van der Waals surface area contributed by atoms with Crippen molar-refractivity contribution in [2.24, 2.45) is 0 Å². The molecule has 1 aliphatic rings. The number of hydrogen-bond donors (Lipinski definition) is 1. The molecule has 1 saturated carbocycles. The molecule has 1 fully saturated rings. The summed E-state index contributed by atoms with van der Waals surface area (Å²) in [6.07, 6.45) is 2.54. The normalized spacial score (nSPS) is 23.6. The van der Waals surface area contributed by atoms with Gasteiger partial charge in [-0.05, 0) is 38.9 Å². The van der Waals surface area contributed by atoms with E-state index < -0.39 is 0 Å². The molecule has 0 aromatic heterocycles. The summed E-state index contributed by atoms with van der Waals surface area (Å²) >= 11 is 0. The standard InChI is InChI=1S/C13H19NO2/c1-3-15-11-5-4-6-12(9-11)16-13-7-10(8-13)14-2/h4-6,9-10,13-14H,3,7-8H2,1-2H3. The van der Waals surface area contributed by atoms with Gasteiger partial charge in [0.1, 0.15) is 17.6 Å². The van der Waals surface area contributed by atoms with Gasteiger partial charge in [-0.2, -0.15) is 0 Å². The maximum absolute atomic E-state index is 5.85. The van der Waals surface area contributed by atoms with E-state index in [2.05, 4.69) is 5.32 Å². The molecule has 0 amide bonds. The van der Waals surface area contributed by atoms with E-state index in [1.807, 2.05) is 38.2 Å². The van der Waals surface area contributed by atoms with Crippen molar-refractivity contribution in [3.05, 3.63) is 24.3 Å². The molecule has 0 bridgehead atoms. The van der Waals surface area contributed by atoms with Crippen LogP contribution in [0.25, 0.3) is 0 Å². The van der Waals surface area contributed by atoms with Crippen molar-refractivity contribution in [2.75, 3.05) is 13.7 Å². The molecule has 88 valence electrons. The van der Waals surface area contributed by atoms with Gasteiger partial charge in [-0.15, -0.1) is 0 Å². The molecular formula is C13H19NO2. The molecule has 0 saturated heterocycles. The zero-order chi connectivity index (χ0) is 11.4. The Morgan fingerprint density at radius 1 is 1.31 bits per heavy atom. The third-order valence-corrected chi connectivity index (χ3v) is 2.92. The van der Waals surface area contributed by atoms with E-state index >= 15 is 0 Å². The van der Waals surface area contributed by atoms with Crippen molar-refractivity contribution >= 4 is 0 Å². The van der Waals surface area contributed by atoms with Gasteiger partial charge in [-0.3, -0.25) is 0 Å². The second-order valence-electron chi connectivity index (χ2n) is 4.10. The Balaban J connectivity index is 1.87. The van der Waals surface area contributed by atoms with Crippen LogP contribution in [0.15, 0.2) is 24.3 Å². The highest BCUT2D eigenvalue weighted by atomic mass is 16.5. The number of rotatable bonds is 5. The van der Waals surface area contributed by atoms with Crippen molar-refractivity contribution in [2.45, 2.75) is 31.9 Å². The Morgan fingerprint density at radius 3 is 2.75 bits per heavy atom. The van der Waals surface area contributed by atoms with Crippen molar-refractivity contribution in [3.8, 4) is 11.5 Å². The quantitative estimate of drug-likeness (QED) is 0.827. The molecule has 0 spiro atoms. The molecule has 2 rings (SSSR count). The van der Waals surface area contributed by atoms with Crippen molar-refractivity contribution < 1.29 is 9.47 Å². The van der Waals surface area contributed by atoms with Crippen LogP contribution in [0, 0.1) is 0 Å². The van der Waals surface area contributed by atoms with E-state index in [9.17, 15) is 0 Å². The average molecular weight is 221 g/mol. The lowest BCUT2D eigenvalue weighted by molar-refractivity contribution is 0.0882. The lowest BCUT2D eigenvalue weighted by Crippen LogP contribution is -2.45. The van der Waals surface area contributed by atoms with Crippen LogP contribution in [-0.2, 0) is 0 Å². The highest BCUT2D eigenvalue weighted by Crippen LogP contribution is 2.27. The summed E-state index contributed by atoms with van der Waals surface area (Å²) in [7, 11) is 2.00. The zero-order valence-electron chi connectivity index (χ0n) is 9.90. The Kier molecular flexibility index (Phi) is 3.67. The van der Waals surface area contributed by atoms with Crippen LogP contribution < -0.4 is 14.8 Å². The smallest absolute Gasteiger partial charge is 0.123 e. The lowest BCUT2D eigenvalue weighted by atomic mass is 9.89. The molecule has 16 heavy (non-hydrogen) atoms. The number of ether oxygens (including phenoxy) is 2. The maximum Gasteiger partial charge on any atom is 0.123 e. The van der Waals surface area contributed by atoms with Gasteiger partial charge in [0, 0.05) is 12.1 Å². The summed E-state index contributed by atoms with van der Waals surface area (Å²) in [5.41, 5.74) is 0. The molecule has 0 unspecified atom stereocenters. The third-order valence-electron chi connectivity index (χ3n) is 2.92. The second kappa shape index (κ2) is 5.21. The Hall–Kier alpha value is -1.22. The Labute approximate surface area is 96.8 Å². The van der Waals surface area contributed by atoms with E-state index in [1.54, 1.807) is 0 Å². The fraction of sp³-hybridized carbons (Fsp3) is 0.538. The van der Waals surface area contributed by atoms with Gasteiger partial charge in [0.15, 0.2) is 0 Å². The van der Waals surface area contributed by atoms with Gasteiger partial charge in [0.05, 0.1) is 6.61 Å². The van der Waals surface area contributed by atoms with E-state index in [4.69, 9.17) is 9.47 Å². The van der Waals surface area contributed by atoms with E-state index in [0.717, 1.165) is 24.3 Å². The van der Waals surface area contributed by atoms with Crippen molar-refractivity contribution in [1.82, 2.24) is 5.32 Å². The van der Waals surface area contributed by atoms with Crippen LogP contribution in [0.3, 0.4) is 0 Å². The highest BCUT2D eigenvalue weighted by Gasteiger charge is 2.29. The predicted octanol–water partition coefficient (Wildman–Crippen LogP) is 2.21. The Morgan fingerprint density at radius 2 is 2.06 bits per heavy atom. The van der Waals surface area contributed by atoms with Gasteiger partial charge >= 0.3 is 0 Å². The summed E-state index contributed by atoms with van der Waals surface area (Å²) in [6.45, 7) is 2.67. The zero-order valence-corrected chi connectivity index (χ0v) is 9.90. The van der Waals surface area contributed by atoms with Gasteiger partial charge in [0.25, 0.3) is 0 Å². The molecule has 1 aromatic carbocycles. The summed E-state index contributed by atoms with van der Waals surface area (Å²) in [5.74, 6) is 1.79. The minimum atomic E-state index is 0.356. The lowest BCUT2D eigenvalue weighted by Gasteiger charge is -2.35. The largest absolute Gasteiger partial charge is 0.494 e. The first kappa shape index (κ1) is 11.3. The first-order valence-corrected chi connectivity index (χ1v) is 5.88. The fourth-order valence-corrected chi connectivity index (χ4v) is 1.89. The molecule has 1 aliphatic carbocycles. The third kappa shape index (κ3) is 2.67. The fourth-order valence-electron chi connectivity index (χ4n) is 1.89. The summed E-state index contributed by atoms with van der Waals surface area (Å²) in [6, 6.07) is 8.48. The van der Waals surface area contributed by atoms with Gasteiger partial charge in [-0.25, -0.2) is 0 Å². The minimum absolute atomic E-state index is 0.356. The van der Waals surface area contributed by atoms with Crippen LogP contribution in [-0.4, -0.2) is 25.8 Å². The van der Waals surface area contributed by atoms with E-state index in [-0.39, 0.29) is 0 Å². The Bertz CT molecular complexity index is 334. The van der Waals surface area contributed by atoms with Crippen LogP contribution in [0.5, 0.6) is 11.5 Å². The molecule has 0 heterocycles. The van der Waals surface area contributed by atoms with E-state index in [1.165, 1.54) is 0 Å². The number of benzene rings is 1. The molecule has 3 nitrogen and oxygen atoms in total. The van der Waals surface area contributed by atoms with Gasteiger partial charge in [0.2, 0.25) is 0 Å². The topological polar surface area (TPSA) is 30.5 Å². The molecule has 0 atom stereocenters. The molecular weight excluding hydrogens is 202 g/mol.